The third-order valence-electron chi connectivity index (χ3n) is 4.86. The second-order valence-corrected chi connectivity index (χ2v) is 6.60. The number of fused-ring (bicyclic) bond motifs is 2. The molecule has 2 saturated heterocycles. The van der Waals surface area contributed by atoms with Crippen LogP contribution in [0.5, 0.6) is 0 Å². The molecule has 26 heavy (non-hydrogen) atoms. The lowest BCUT2D eigenvalue weighted by molar-refractivity contribution is -0.263. The number of benzene rings is 2. The van der Waals surface area contributed by atoms with Gasteiger partial charge in [-0.05, 0) is 11.1 Å². The van der Waals surface area contributed by atoms with Gasteiger partial charge >= 0.3 is 0 Å². The second-order valence-electron chi connectivity index (χ2n) is 6.60. The van der Waals surface area contributed by atoms with Gasteiger partial charge in [0.25, 0.3) is 0 Å². The summed E-state index contributed by atoms with van der Waals surface area (Å²) in [5.74, 6) is 0. The van der Waals surface area contributed by atoms with Gasteiger partial charge in [-0.1, -0.05) is 60.7 Å². The molecule has 2 fully saturated rings. The predicted octanol–water partition coefficient (Wildman–Crippen LogP) is 2.93. The Kier molecular flexibility index (Phi) is 5.62. The van der Waals surface area contributed by atoms with Crippen LogP contribution in [0.1, 0.15) is 11.1 Å². The Balaban J connectivity index is 1.48. The molecule has 2 aromatic carbocycles. The Labute approximate surface area is 153 Å². The molecule has 2 aliphatic rings. The summed E-state index contributed by atoms with van der Waals surface area (Å²) >= 11 is 0. The molecule has 2 bridgehead atoms. The smallest absolute Gasteiger partial charge is 0.187 e. The van der Waals surface area contributed by atoms with Gasteiger partial charge in [0.05, 0.1) is 19.8 Å². The Morgan fingerprint density at radius 2 is 1.38 bits per heavy atom. The first-order chi connectivity index (χ1) is 12.8. The lowest BCUT2D eigenvalue weighted by atomic mass is 10.00. The monoisotopic (exact) mass is 356 g/mol. The van der Waals surface area contributed by atoms with Gasteiger partial charge in [-0.25, -0.2) is 0 Å². The number of hydrogen-bond donors (Lipinski definition) is 0. The van der Waals surface area contributed by atoms with Gasteiger partial charge in [-0.15, -0.1) is 0 Å². The first kappa shape index (κ1) is 17.6. The molecular weight excluding hydrogens is 332 g/mol. The van der Waals surface area contributed by atoms with Gasteiger partial charge in [-0.2, -0.15) is 0 Å². The van der Waals surface area contributed by atoms with Crippen LogP contribution in [0, 0.1) is 0 Å². The standard InChI is InChI=1S/C21H24O5/c1-22-18-17-14-25-21(26-17)20(24-13-16-10-6-3-7-11-16)19(18)23-12-15-8-4-2-5-9-15/h2-11,17-21H,12-14H2,1H3/t17-,18+,19+,20-,21+/m1/s1. The fourth-order valence-electron chi connectivity index (χ4n) is 3.52. The minimum Gasteiger partial charge on any atom is -0.376 e. The molecule has 5 nitrogen and oxygen atoms in total. The Morgan fingerprint density at radius 1 is 0.808 bits per heavy atom. The fraction of sp³-hybridized carbons (Fsp3) is 0.429. The fourth-order valence-corrected chi connectivity index (χ4v) is 3.52. The van der Waals surface area contributed by atoms with Crippen LogP contribution >= 0.6 is 0 Å². The lowest BCUT2D eigenvalue weighted by Crippen LogP contribution is -2.56. The normalized spacial score (nSPS) is 30.4. The van der Waals surface area contributed by atoms with Crippen LogP contribution in [0.25, 0.3) is 0 Å². The molecule has 0 unspecified atom stereocenters. The van der Waals surface area contributed by atoms with Crippen molar-refractivity contribution in [1.82, 2.24) is 0 Å². The van der Waals surface area contributed by atoms with Crippen LogP contribution in [0.15, 0.2) is 60.7 Å². The first-order valence-electron chi connectivity index (χ1n) is 8.96. The summed E-state index contributed by atoms with van der Waals surface area (Å²) in [7, 11) is 1.68. The van der Waals surface area contributed by atoms with Crippen molar-refractivity contribution in [2.24, 2.45) is 0 Å². The second kappa shape index (κ2) is 8.29. The van der Waals surface area contributed by atoms with Crippen LogP contribution < -0.4 is 0 Å². The molecule has 2 aliphatic heterocycles. The van der Waals surface area contributed by atoms with Gasteiger partial charge in [0, 0.05) is 7.11 Å². The zero-order chi connectivity index (χ0) is 17.8. The minimum atomic E-state index is -0.420. The zero-order valence-corrected chi connectivity index (χ0v) is 14.8. The Morgan fingerprint density at radius 3 is 1.96 bits per heavy atom. The zero-order valence-electron chi connectivity index (χ0n) is 14.8. The topological polar surface area (TPSA) is 46.2 Å². The molecule has 0 amide bonds. The van der Waals surface area contributed by atoms with Gasteiger partial charge in [0.1, 0.15) is 24.4 Å². The SMILES string of the molecule is CO[C@@H]1[C@H](OCc2ccccc2)[C@@H](OCc2ccccc2)[C@H]2OC[C@H]1O2. The summed E-state index contributed by atoms with van der Waals surface area (Å²) in [4.78, 5) is 0. The number of ether oxygens (including phenoxy) is 5. The van der Waals surface area contributed by atoms with Crippen LogP contribution in [0.4, 0.5) is 0 Å². The third-order valence-corrected chi connectivity index (χ3v) is 4.86. The largest absolute Gasteiger partial charge is 0.376 e. The summed E-state index contributed by atoms with van der Waals surface area (Å²) in [6.07, 6.45) is -1.37. The van der Waals surface area contributed by atoms with E-state index in [4.69, 9.17) is 23.7 Å². The maximum Gasteiger partial charge on any atom is 0.187 e. The van der Waals surface area contributed by atoms with Crippen LogP contribution in [0.2, 0.25) is 0 Å². The summed E-state index contributed by atoms with van der Waals surface area (Å²) in [5.41, 5.74) is 2.22. The highest BCUT2D eigenvalue weighted by atomic mass is 16.8. The van der Waals surface area contributed by atoms with Crippen molar-refractivity contribution in [3.63, 3.8) is 0 Å². The highest BCUT2D eigenvalue weighted by molar-refractivity contribution is 5.14. The van der Waals surface area contributed by atoms with Crippen molar-refractivity contribution in [3.8, 4) is 0 Å². The average molecular weight is 356 g/mol. The van der Waals surface area contributed by atoms with E-state index in [1.165, 1.54) is 0 Å². The van der Waals surface area contributed by atoms with Crippen LogP contribution in [-0.4, -0.2) is 44.4 Å². The predicted molar refractivity (Wildman–Crippen MR) is 95.4 cm³/mol. The molecule has 138 valence electrons. The molecule has 0 N–H and O–H groups in total. The van der Waals surface area contributed by atoms with Gasteiger partial charge in [0.2, 0.25) is 0 Å². The summed E-state index contributed by atoms with van der Waals surface area (Å²) in [5, 5.41) is 0. The molecule has 4 rings (SSSR count). The van der Waals surface area contributed by atoms with Crippen molar-refractivity contribution >= 4 is 0 Å². The molecule has 5 heteroatoms. The molecule has 2 aromatic rings. The number of hydrogen-bond acceptors (Lipinski definition) is 5. The van der Waals surface area contributed by atoms with E-state index >= 15 is 0 Å². The molecule has 0 aliphatic carbocycles. The summed E-state index contributed by atoms with van der Waals surface area (Å²) in [6, 6.07) is 20.2. The average Bonchev–Trinajstić information content (AvgIpc) is 3.12. The lowest BCUT2D eigenvalue weighted by Gasteiger charge is -2.39. The van der Waals surface area contributed by atoms with E-state index in [9.17, 15) is 0 Å². The maximum atomic E-state index is 6.24. The van der Waals surface area contributed by atoms with Crippen molar-refractivity contribution in [3.05, 3.63) is 71.8 Å². The van der Waals surface area contributed by atoms with Crippen molar-refractivity contribution in [2.45, 2.75) is 43.9 Å². The quantitative estimate of drug-likeness (QED) is 0.763. The van der Waals surface area contributed by atoms with E-state index in [0.29, 0.717) is 19.8 Å². The van der Waals surface area contributed by atoms with Crippen molar-refractivity contribution < 1.29 is 23.7 Å². The molecule has 5 atom stereocenters. The maximum absolute atomic E-state index is 6.24. The van der Waals surface area contributed by atoms with E-state index in [1.807, 2.05) is 60.7 Å². The third kappa shape index (κ3) is 3.82. The van der Waals surface area contributed by atoms with Crippen LogP contribution in [-0.2, 0) is 36.9 Å². The number of rotatable bonds is 7. The molecule has 0 spiro atoms. The van der Waals surface area contributed by atoms with Crippen molar-refractivity contribution in [1.29, 1.82) is 0 Å². The van der Waals surface area contributed by atoms with E-state index in [0.717, 1.165) is 11.1 Å². The Hall–Kier alpha value is -1.76. The molecule has 0 saturated carbocycles. The summed E-state index contributed by atoms with van der Waals surface area (Å²) < 4.78 is 29.8. The highest BCUT2D eigenvalue weighted by Gasteiger charge is 2.52. The first-order valence-corrected chi connectivity index (χ1v) is 8.96. The molecular formula is C21H24O5. The van der Waals surface area contributed by atoms with Gasteiger partial charge in [0.15, 0.2) is 6.29 Å². The molecule has 0 aromatic heterocycles. The summed E-state index contributed by atoms with van der Waals surface area (Å²) in [6.45, 7) is 1.47. The van der Waals surface area contributed by atoms with Crippen molar-refractivity contribution in [2.75, 3.05) is 13.7 Å². The van der Waals surface area contributed by atoms with Crippen LogP contribution in [0.3, 0.4) is 0 Å². The minimum absolute atomic E-state index is 0.123. The van der Waals surface area contributed by atoms with E-state index in [2.05, 4.69) is 0 Å². The van der Waals surface area contributed by atoms with E-state index in [1.54, 1.807) is 7.11 Å². The van der Waals surface area contributed by atoms with E-state index < -0.39 is 6.29 Å². The molecule has 2 heterocycles. The molecule has 0 radical (unpaired) electrons. The number of methoxy groups -OCH3 is 1. The van der Waals surface area contributed by atoms with Gasteiger partial charge < -0.3 is 23.7 Å². The highest BCUT2D eigenvalue weighted by Crippen LogP contribution is 2.34. The van der Waals surface area contributed by atoms with Gasteiger partial charge in [-0.3, -0.25) is 0 Å². The van der Waals surface area contributed by atoms with E-state index in [-0.39, 0.29) is 24.4 Å². The Bertz CT molecular complexity index is 677.